The first-order valence-electron chi connectivity index (χ1n) is 11.9. The van der Waals surface area contributed by atoms with Crippen molar-refractivity contribution in [2.45, 2.75) is 18.9 Å². The van der Waals surface area contributed by atoms with Crippen LogP contribution < -0.4 is 23.7 Å². The number of hydrogen-bond donors (Lipinski definition) is 0. The second-order valence-corrected chi connectivity index (χ2v) is 8.35. The third kappa shape index (κ3) is 7.49. The Balaban J connectivity index is 1.76. The minimum Gasteiger partial charge on any atom is -0.497 e. The Labute approximate surface area is 221 Å². The monoisotopic (exact) mass is 521 g/mol. The van der Waals surface area contributed by atoms with Gasteiger partial charge in [-0.15, -0.1) is 0 Å². The van der Waals surface area contributed by atoms with E-state index in [1.165, 1.54) is 14.2 Å². The van der Waals surface area contributed by atoms with Crippen LogP contribution in [0.1, 0.15) is 33.8 Å². The van der Waals surface area contributed by atoms with E-state index in [1.807, 2.05) is 24.3 Å². The second-order valence-electron chi connectivity index (χ2n) is 8.35. The lowest BCUT2D eigenvalue weighted by Gasteiger charge is -2.17. The van der Waals surface area contributed by atoms with Crippen molar-refractivity contribution in [1.82, 2.24) is 0 Å². The van der Waals surface area contributed by atoms with E-state index >= 15 is 0 Å². The van der Waals surface area contributed by atoms with Crippen LogP contribution in [0, 0.1) is 10.1 Å². The number of nitro groups is 1. The molecule has 3 rings (SSSR count). The summed E-state index contributed by atoms with van der Waals surface area (Å²) in [6, 6.07) is 17.4. The highest BCUT2D eigenvalue weighted by Gasteiger charge is 2.24. The molecule has 9 heteroatoms. The van der Waals surface area contributed by atoms with E-state index < -0.39 is 17.4 Å². The third-order valence-corrected chi connectivity index (χ3v) is 5.86. The molecule has 3 aromatic rings. The highest BCUT2D eigenvalue weighted by atomic mass is 16.6. The van der Waals surface area contributed by atoms with Gasteiger partial charge in [0.25, 0.3) is 0 Å². The van der Waals surface area contributed by atoms with Gasteiger partial charge in [-0.05, 0) is 53.6 Å². The summed E-state index contributed by atoms with van der Waals surface area (Å²) in [4.78, 5) is 24.2. The molecule has 1 unspecified atom stereocenters. The van der Waals surface area contributed by atoms with Gasteiger partial charge in [-0.1, -0.05) is 30.9 Å². The predicted molar refractivity (Wildman–Crippen MR) is 143 cm³/mol. The lowest BCUT2D eigenvalue weighted by molar-refractivity contribution is -0.483. The second kappa shape index (κ2) is 13.7. The van der Waals surface area contributed by atoms with Crippen LogP contribution in [0.25, 0.3) is 0 Å². The van der Waals surface area contributed by atoms with Gasteiger partial charge in [0.05, 0.1) is 27.2 Å². The van der Waals surface area contributed by atoms with Crippen LogP contribution in [0.2, 0.25) is 0 Å². The van der Waals surface area contributed by atoms with Crippen molar-refractivity contribution in [3.05, 3.63) is 100 Å². The summed E-state index contributed by atoms with van der Waals surface area (Å²) >= 11 is 0. The van der Waals surface area contributed by atoms with Crippen molar-refractivity contribution in [2.24, 2.45) is 0 Å². The van der Waals surface area contributed by atoms with Crippen LogP contribution in [0.3, 0.4) is 0 Å². The van der Waals surface area contributed by atoms with Gasteiger partial charge >= 0.3 is 0 Å². The Morgan fingerprint density at radius 3 is 2.18 bits per heavy atom. The molecule has 9 nitrogen and oxygen atoms in total. The number of hydrogen-bond acceptors (Lipinski definition) is 8. The first-order chi connectivity index (χ1) is 18.4. The van der Waals surface area contributed by atoms with E-state index in [4.69, 9.17) is 23.7 Å². The molecule has 3 aromatic carbocycles. The first-order valence-corrected chi connectivity index (χ1v) is 11.9. The fourth-order valence-corrected chi connectivity index (χ4v) is 3.86. The van der Waals surface area contributed by atoms with Gasteiger partial charge in [0.2, 0.25) is 6.54 Å². The van der Waals surface area contributed by atoms with Crippen molar-refractivity contribution in [3.8, 4) is 28.7 Å². The summed E-state index contributed by atoms with van der Waals surface area (Å²) in [7, 11) is 4.58. The number of carbonyl (C=O) groups excluding carboxylic acids is 1. The molecule has 0 fully saturated rings. The zero-order valence-corrected chi connectivity index (χ0v) is 21.7. The number of Topliss-reactive ketones (excluding diaryl/α,β-unsaturated/α-hetero) is 1. The number of benzene rings is 3. The average Bonchev–Trinajstić information content (AvgIpc) is 2.94. The molecule has 0 spiro atoms. The number of ether oxygens (including phenoxy) is 5. The van der Waals surface area contributed by atoms with E-state index in [0.29, 0.717) is 40.7 Å². The van der Waals surface area contributed by atoms with E-state index in [-0.39, 0.29) is 18.8 Å². The molecule has 0 saturated heterocycles. The smallest absolute Gasteiger partial charge is 0.211 e. The van der Waals surface area contributed by atoms with E-state index in [2.05, 4.69) is 6.58 Å². The lowest BCUT2D eigenvalue weighted by atomic mass is 9.91. The SMILES string of the molecule is C=CCOc1ccc(C(CC(=O)c2ccc(OCc3ccc(OC)cc3)c(OC)c2)C[N+](=O)[O-])cc1OC. The van der Waals surface area contributed by atoms with Crippen LogP contribution >= 0.6 is 0 Å². The number of carbonyl (C=O) groups is 1. The summed E-state index contributed by atoms with van der Waals surface area (Å²) in [6.45, 7) is 3.79. The zero-order valence-electron chi connectivity index (χ0n) is 21.7. The molecule has 0 aromatic heterocycles. The molecule has 0 heterocycles. The molecule has 0 saturated carbocycles. The van der Waals surface area contributed by atoms with Crippen LogP contribution in [-0.4, -0.2) is 45.2 Å². The van der Waals surface area contributed by atoms with Gasteiger partial charge in [-0.2, -0.15) is 0 Å². The Morgan fingerprint density at radius 2 is 1.55 bits per heavy atom. The van der Waals surface area contributed by atoms with E-state index in [0.717, 1.165) is 11.3 Å². The van der Waals surface area contributed by atoms with Gasteiger partial charge in [-0.3, -0.25) is 14.9 Å². The van der Waals surface area contributed by atoms with Crippen molar-refractivity contribution < 1.29 is 33.4 Å². The minimum atomic E-state index is -0.670. The number of rotatable bonds is 15. The highest BCUT2D eigenvalue weighted by Crippen LogP contribution is 2.34. The third-order valence-electron chi connectivity index (χ3n) is 5.86. The molecule has 0 aliphatic rings. The summed E-state index contributed by atoms with van der Waals surface area (Å²) in [5, 5.41) is 11.4. The van der Waals surface area contributed by atoms with Crippen LogP contribution in [0.15, 0.2) is 73.3 Å². The minimum absolute atomic E-state index is 0.0772. The average molecular weight is 522 g/mol. The molecular weight excluding hydrogens is 490 g/mol. The van der Waals surface area contributed by atoms with Crippen molar-refractivity contribution in [3.63, 3.8) is 0 Å². The van der Waals surface area contributed by atoms with Crippen molar-refractivity contribution in [1.29, 1.82) is 0 Å². The van der Waals surface area contributed by atoms with Crippen LogP contribution in [0.4, 0.5) is 0 Å². The van der Waals surface area contributed by atoms with E-state index in [9.17, 15) is 14.9 Å². The molecular formula is C29H31NO8. The lowest BCUT2D eigenvalue weighted by Crippen LogP contribution is -2.17. The Kier molecular flexibility index (Phi) is 10.1. The maximum absolute atomic E-state index is 13.2. The topological polar surface area (TPSA) is 106 Å². The van der Waals surface area contributed by atoms with Crippen LogP contribution in [-0.2, 0) is 6.61 Å². The van der Waals surface area contributed by atoms with Crippen LogP contribution in [0.5, 0.6) is 28.7 Å². The summed E-state index contributed by atoms with van der Waals surface area (Å²) in [5.41, 5.74) is 1.90. The molecule has 200 valence electrons. The molecule has 0 amide bonds. The first kappa shape index (κ1) is 28.0. The summed E-state index contributed by atoms with van der Waals surface area (Å²) in [5.74, 6) is 1.59. The predicted octanol–water partition coefficient (Wildman–Crippen LogP) is 5.49. The number of nitrogens with zero attached hydrogens (tertiary/aromatic N) is 1. The quantitative estimate of drug-likeness (QED) is 0.112. The maximum atomic E-state index is 13.2. The van der Waals surface area contributed by atoms with Gasteiger partial charge < -0.3 is 23.7 Å². The molecule has 0 aliphatic carbocycles. The van der Waals surface area contributed by atoms with Gasteiger partial charge in [0.1, 0.15) is 19.0 Å². The summed E-state index contributed by atoms with van der Waals surface area (Å²) in [6.07, 6.45) is 1.53. The highest BCUT2D eigenvalue weighted by molar-refractivity contribution is 5.97. The van der Waals surface area contributed by atoms with Crippen molar-refractivity contribution >= 4 is 5.78 Å². The molecule has 1 atom stereocenters. The normalized spacial score (nSPS) is 11.2. The standard InChI is InChI=1S/C29H31NO8/c1-5-14-37-26-12-8-21(16-28(26)35-3)23(18-30(32)33)15-25(31)22-9-13-27(29(17-22)36-4)38-19-20-6-10-24(34-2)11-7-20/h5-13,16-17,23H,1,14-15,18-19H2,2-4H3. The molecule has 0 aliphatic heterocycles. The Hall–Kier alpha value is -4.53. The van der Waals surface area contributed by atoms with Gasteiger partial charge in [-0.25, -0.2) is 0 Å². The summed E-state index contributed by atoms with van der Waals surface area (Å²) < 4.78 is 27.5. The molecule has 38 heavy (non-hydrogen) atoms. The fraction of sp³-hybridized carbons (Fsp3) is 0.276. The van der Waals surface area contributed by atoms with Crippen molar-refractivity contribution in [2.75, 3.05) is 34.5 Å². The Morgan fingerprint density at radius 1 is 0.895 bits per heavy atom. The molecule has 0 N–H and O–H groups in total. The van der Waals surface area contributed by atoms with Gasteiger partial charge in [0.15, 0.2) is 28.8 Å². The van der Waals surface area contributed by atoms with Gasteiger partial charge in [0, 0.05) is 16.9 Å². The molecule has 0 bridgehead atoms. The molecule has 0 radical (unpaired) electrons. The fourth-order valence-electron chi connectivity index (χ4n) is 3.86. The number of methoxy groups -OCH3 is 3. The Bertz CT molecular complexity index is 1260. The zero-order chi connectivity index (χ0) is 27.5. The van der Waals surface area contributed by atoms with E-state index in [1.54, 1.807) is 49.6 Å². The largest absolute Gasteiger partial charge is 0.497 e. The maximum Gasteiger partial charge on any atom is 0.211 e. The number of ketones is 1.